The van der Waals surface area contributed by atoms with Crippen LogP contribution in [0.1, 0.15) is 213 Å². The van der Waals surface area contributed by atoms with Gasteiger partial charge in [0, 0.05) is 13.2 Å². The Morgan fingerprint density at radius 1 is 0.413 bits per heavy atom. The zero-order valence-corrected chi connectivity index (χ0v) is 32.1. The third-order valence-electron chi connectivity index (χ3n) is 8.96. The molecule has 46 heavy (non-hydrogen) atoms. The first-order chi connectivity index (χ1) is 22.6. The first-order valence-electron chi connectivity index (χ1n) is 20.3. The van der Waals surface area contributed by atoms with Crippen LogP contribution in [0, 0.1) is 0 Å². The molecule has 0 amide bonds. The van der Waals surface area contributed by atoms with Gasteiger partial charge in [-0.25, -0.2) is 0 Å². The quantitative estimate of drug-likeness (QED) is 0.0475. The van der Waals surface area contributed by atoms with Crippen LogP contribution < -0.4 is 4.89 Å². The molecule has 0 spiro atoms. The Morgan fingerprint density at radius 3 is 1.15 bits per heavy atom. The molecule has 278 valence electrons. The van der Waals surface area contributed by atoms with Crippen molar-refractivity contribution in [3.05, 3.63) is 0 Å². The molecule has 0 aliphatic rings. The zero-order chi connectivity index (χ0) is 33.7. The van der Waals surface area contributed by atoms with Crippen molar-refractivity contribution in [1.82, 2.24) is 0 Å². The number of ether oxygens (including phenoxy) is 2. The summed E-state index contributed by atoms with van der Waals surface area (Å²) < 4.78 is 34.2. The number of phosphoric ester groups is 1. The fourth-order valence-corrected chi connectivity index (χ4v) is 6.61. The Morgan fingerprint density at radius 2 is 0.761 bits per heavy atom. The highest BCUT2D eigenvalue weighted by Crippen LogP contribution is 2.38. The number of hydrogen-bond acceptors (Lipinski definition) is 6. The van der Waals surface area contributed by atoms with Crippen molar-refractivity contribution < 1.29 is 28.0 Å². The van der Waals surface area contributed by atoms with E-state index < -0.39 is 13.9 Å². The minimum absolute atomic E-state index is 0.0513. The fraction of sp³-hybridized carbons (Fsp3) is 1.00. The molecule has 0 rings (SSSR count). The molecule has 2 atom stereocenters. The van der Waals surface area contributed by atoms with Gasteiger partial charge in [0.1, 0.15) is 6.10 Å². The van der Waals surface area contributed by atoms with Crippen LogP contribution in [0.2, 0.25) is 0 Å². The molecule has 7 heteroatoms. The molecule has 0 saturated heterocycles. The molecule has 0 saturated carbocycles. The normalized spacial score (nSPS) is 13.7. The van der Waals surface area contributed by atoms with Gasteiger partial charge in [-0.3, -0.25) is 4.57 Å². The van der Waals surface area contributed by atoms with Gasteiger partial charge in [-0.15, -0.1) is 0 Å². The number of rotatable bonds is 40. The van der Waals surface area contributed by atoms with Gasteiger partial charge < -0.3 is 23.4 Å². The molecule has 0 aliphatic heterocycles. The molecule has 0 aromatic rings. The summed E-state index contributed by atoms with van der Waals surface area (Å²) >= 11 is 0. The summed E-state index contributed by atoms with van der Waals surface area (Å²) in [7, 11) is -4.31. The molecule has 2 unspecified atom stereocenters. The van der Waals surface area contributed by atoms with Crippen LogP contribution in [-0.2, 0) is 23.1 Å². The van der Waals surface area contributed by atoms with E-state index in [0.717, 1.165) is 25.7 Å². The highest BCUT2D eigenvalue weighted by Gasteiger charge is 2.16. The minimum atomic E-state index is -4.31. The van der Waals surface area contributed by atoms with Crippen LogP contribution in [0.5, 0.6) is 0 Å². The summed E-state index contributed by atoms with van der Waals surface area (Å²) in [6, 6.07) is 0. The molecular weight excluding hydrogens is 595 g/mol. The first kappa shape index (κ1) is 46.0. The number of hydrogen-bond donors (Lipinski definition) is 0. The van der Waals surface area contributed by atoms with Crippen LogP contribution >= 0.6 is 7.82 Å². The zero-order valence-electron chi connectivity index (χ0n) is 31.2. The van der Waals surface area contributed by atoms with E-state index in [9.17, 15) is 9.46 Å². The van der Waals surface area contributed by atoms with E-state index in [0.29, 0.717) is 26.2 Å². The third-order valence-corrected chi connectivity index (χ3v) is 9.93. The molecule has 0 aromatic heterocycles. The second-order valence-electron chi connectivity index (χ2n) is 13.7. The lowest BCUT2D eigenvalue weighted by Gasteiger charge is -2.26. The lowest BCUT2D eigenvalue weighted by atomic mass is 10.0. The van der Waals surface area contributed by atoms with Gasteiger partial charge in [0.25, 0.3) is 7.82 Å². The van der Waals surface area contributed by atoms with Gasteiger partial charge in [0.05, 0.1) is 19.8 Å². The summed E-state index contributed by atoms with van der Waals surface area (Å²) in [5, 5.41) is 0. The van der Waals surface area contributed by atoms with Crippen molar-refractivity contribution in [2.45, 2.75) is 219 Å². The van der Waals surface area contributed by atoms with E-state index in [4.69, 9.17) is 18.5 Å². The first-order valence-corrected chi connectivity index (χ1v) is 21.8. The number of phosphoric acid groups is 1. The van der Waals surface area contributed by atoms with E-state index in [2.05, 4.69) is 13.8 Å². The van der Waals surface area contributed by atoms with Gasteiger partial charge in [-0.2, -0.15) is 0 Å². The SMILES string of the molecule is CCCCCCCCCCCCCCCCOCC(COP(=O)([O-])OCCCC)OCCCCCCCCCCCCCCCC. The van der Waals surface area contributed by atoms with Gasteiger partial charge >= 0.3 is 0 Å². The number of unbranched alkanes of at least 4 members (excludes halogenated alkanes) is 27. The summed E-state index contributed by atoms with van der Waals surface area (Å²) in [5.74, 6) is 0. The average molecular weight is 676 g/mol. The summed E-state index contributed by atoms with van der Waals surface area (Å²) in [6.45, 7) is 8.30. The summed E-state index contributed by atoms with van der Waals surface area (Å²) in [5.41, 5.74) is 0. The second kappa shape index (κ2) is 37.8. The lowest BCUT2D eigenvalue weighted by molar-refractivity contribution is -0.228. The monoisotopic (exact) mass is 676 g/mol. The van der Waals surface area contributed by atoms with Crippen molar-refractivity contribution in [2.24, 2.45) is 0 Å². The predicted molar refractivity (Wildman–Crippen MR) is 196 cm³/mol. The maximum absolute atomic E-state index is 12.1. The van der Waals surface area contributed by atoms with Crippen LogP contribution in [0.15, 0.2) is 0 Å². The molecular formula is C39H80O6P-. The van der Waals surface area contributed by atoms with E-state index in [1.165, 1.54) is 161 Å². The Labute approximate surface area is 287 Å². The van der Waals surface area contributed by atoms with Crippen molar-refractivity contribution in [3.8, 4) is 0 Å². The lowest BCUT2D eigenvalue weighted by Crippen LogP contribution is -2.27. The molecule has 0 bridgehead atoms. The van der Waals surface area contributed by atoms with Crippen LogP contribution in [0.4, 0.5) is 0 Å². The summed E-state index contributed by atoms with van der Waals surface area (Å²) in [4.78, 5) is 12.1. The van der Waals surface area contributed by atoms with Gasteiger partial charge in [-0.05, 0) is 19.3 Å². The van der Waals surface area contributed by atoms with Gasteiger partial charge in [0.2, 0.25) is 0 Å². The Hall–Kier alpha value is 0.0300. The second-order valence-corrected chi connectivity index (χ2v) is 15.1. The molecule has 0 aromatic carbocycles. The van der Waals surface area contributed by atoms with E-state index >= 15 is 0 Å². The fourth-order valence-electron chi connectivity index (χ4n) is 5.84. The molecule has 0 N–H and O–H groups in total. The highest BCUT2D eigenvalue weighted by atomic mass is 31.2. The summed E-state index contributed by atoms with van der Waals surface area (Å²) in [6.07, 6.45) is 38.3. The van der Waals surface area contributed by atoms with Crippen molar-refractivity contribution in [3.63, 3.8) is 0 Å². The van der Waals surface area contributed by atoms with Crippen molar-refractivity contribution >= 4 is 7.82 Å². The Bertz CT molecular complexity index is 619. The molecule has 0 radical (unpaired) electrons. The van der Waals surface area contributed by atoms with E-state index in [1.807, 2.05) is 6.92 Å². The van der Waals surface area contributed by atoms with Crippen molar-refractivity contribution in [2.75, 3.05) is 33.0 Å². The van der Waals surface area contributed by atoms with Crippen LogP contribution in [0.25, 0.3) is 0 Å². The van der Waals surface area contributed by atoms with Crippen LogP contribution in [0.3, 0.4) is 0 Å². The topological polar surface area (TPSA) is 77.1 Å². The molecule has 0 fully saturated rings. The van der Waals surface area contributed by atoms with Crippen LogP contribution in [-0.4, -0.2) is 39.1 Å². The minimum Gasteiger partial charge on any atom is -0.756 e. The maximum atomic E-state index is 12.1. The van der Waals surface area contributed by atoms with Gasteiger partial charge in [-0.1, -0.05) is 194 Å². The largest absolute Gasteiger partial charge is 0.756 e. The van der Waals surface area contributed by atoms with Crippen molar-refractivity contribution in [1.29, 1.82) is 0 Å². The average Bonchev–Trinajstić information content (AvgIpc) is 3.04. The van der Waals surface area contributed by atoms with Gasteiger partial charge in [0.15, 0.2) is 0 Å². The van der Waals surface area contributed by atoms with E-state index in [-0.39, 0.29) is 13.2 Å². The Kier molecular flexibility index (Phi) is 37.9. The third kappa shape index (κ3) is 36.9. The van der Waals surface area contributed by atoms with E-state index in [1.54, 1.807) is 0 Å². The predicted octanol–water partition coefficient (Wildman–Crippen LogP) is 12.7. The Balaban J connectivity index is 3.95. The highest BCUT2D eigenvalue weighted by molar-refractivity contribution is 7.45. The molecule has 0 aliphatic carbocycles. The molecule has 0 heterocycles. The molecule has 6 nitrogen and oxygen atoms in total. The standard InChI is InChI=1S/C39H81O6P/c1-4-7-10-12-14-16-18-20-22-24-26-28-30-32-34-42-37-39(38-45-46(40,41)44-36-9-6-3)43-35-33-31-29-27-25-23-21-19-17-15-13-11-8-5-2/h39H,4-38H2,1-3H3,(H,40,41)/p-1. The smallest absolute Gasteiger partial charge is 0.267 e. The maximum Gasteiger partial charge on any atom is 0.267 e.